The maximum atomic E-state index is 13.5. The number of nitrogens with zero attached hydrogens (tertiary/aromatic N) is 4. The minimum absolute atomic E-state index is 0.285. The van der Waals surface area contributed by atoms with Crippen LogP contribution < -0.4 is 10.6 Å². The van der Waals surface area contributed by atoms with Crippen LogP contribution in [0.15, 0.2) is 41.9 Å². The summed E-state index contributed by atoms with van der Waals surface area (Å²) < 4.78 is 15.7. The van der Waals surface area contributed by atoms with Gasteiger partial charge in [0.2, 0.25) is 0 Å². The maximum absolute atomic E-state index is 13.5. The molecule has 0 saturated carbocycles. The molecule has 33 heavy (non-hydrogen) atoms. The Kier molecular flexibility index (Phi) is 6.07. The standard InChI is InChI=1S/C25H25FN6S/c1-2-21-23(32-14-17(3-6-24(32)30-21)16-7-9-28-10-8-16)13-29-25-31-22(15-33-25)20-5-4-19(26)11-18(20)12-27/h3-6,11,14-16,28H,2,7-10,13H2,1H3,(H,29,31). The molecular formula is C25H25FN6S. The van der Waals surface area contributed by atoms with Crippen LogP contribution >= 0.6 is 11.3 Å². The lowest BCUT2D eigenvalue weighted by Gasteiger charge is -2.23. The normalized spacial score (nSPS) is 14.5. The summed E-state index contributed by atoms with van der Waals surface area (Å²) in [5, 5.41) is 18.9. The topological polar surface area (TPSA) is 78.0 Å². The maximum Gasteiger partial charge on any atom is 0.183 e. The molecule has 8 heteroatoms. The van der Waals surface area contributed by atoms with E-state index >= 15 is 0 Å². The fourth-order valence-corrected chi connectivity index (χ4v) is 5.21. The van der Waals surface area contributed by atoms with Crippen molar-refractivity contribution in [3.63, 3.8) is 0 Å². The van der Waals surface area contributed by atoms with Gasteiger partial charge in [-0.2, -0.15) is 5.26 Å². The van der Waals surface area contributed by atoms with E-state index in [-0.39, 0.29) is 5.56 Å². The molecule has 1 aliphatic heterocycles. The Hall–Kier alpha value is -3.28. The number of aryl methyl sites for hydroxylation is 1. The molecule has 1 aliphatic rings. The van der Waals surface area contributed by atoms with Crippen LogP contribution in [0.4, 0.5) is 9.52 Å². The number of imidazole rings is 1. The van der Waals surface area contributed by atoms with E-state index in [0.29, 0.717) is 23.7 Å². The number of hydrogen-bond donors (Lipinski definition) is 2. The molecule has 168 valence electrons. The zero-order chi connectivity index (χ0) is 22.8. The molecule has 2 N–H and O–H groups in total. The number of piperidine rings is 1. The van der Waals surface area contributed by atoms with Crippen LogP contribution in [0.5, 0.6) is 0 Å². The van der Waals surface area contributed by atoms with Crippen LogP contribution in [-0.4, -0.2) is 27.5 Å². The smallest absolute Gasteiger partial charge is 0.183 e. The fraction of sp³-hybridized carbons (Fsp3) is 0.320. The third kappa shape index (κ3) is 4.34. The first kappa shape index (κ1) is 21.6. The Labute approximate surface area is 196 Å². The zero-order valence-corrected chi connectivity index (χ0v) is 19.3. The third-order valence-electron chi connectivity index (χ3n) is 6.26. The van der Waals surface area contributed by atoms with Crippen LogP contribution in [-0.2, 0) is 13.0 Å². The summed E-state index contributed by atoms with van der Waals surface area (Å²) in [5.41, 5.74) is 6.13. The molecule has 1 saturated heterocycles. The van der Waals surface area contributed by atoms with E-state index < -0.39 is 5.82 Å². The monoisotopic (exact) mass is 460 g/mol. The number of fused-ring (bicyclic) bond motifs is 1. The molecule has 0 aliphatic carbocycles. The molecule has 1 aromatic carbocycles. The second-order valence-electron chi connectivity index (χ2n) is 8.27. The van der Waals surface area contributed by atoms with Crippen molar-refractivity contribution < 1.29 is 4.39 Å². The highest BCUT2D eigenvalue weighted by molar-refractivity contribution is 7.14. The van der Waals surface area contributed by atoms with Gasteiger partial charge in [-0.1, -0.05) is 13.0 Å². The second kappa shape index (κ2) is 9.30. The summed E-state index contributed by atoms with van der Waals surface area (Å²) in [5.74, 6) is 0.155. The molecule has 0 spiro atoms. The van der Waals surface area contributed by atoms with Crippen LogP contribution in [0.1, 0.15) is 48.2 Å². The SMILES string of the molecule is CCc1nc2ccc(C3CCNCC3)cn2c1CNc1nc(-c2ccc(F)cc2C#N)cs1. The van der Waals surface area contributed by atoms with Crippen LogP contribution in [0.25, 0.3) is 16.9 Å². The molecule has 0 radical (unpaired) electrons. The minimum Gasteiger partial charge on any atom is -0.356 e. The number of nitrogens with one attached hydrogen (secondary N) is 2. The number of aromatic nitrogens is 3. The van der Waals surface area contributed by atoms with Crippen molar-refractivity contribution in [2.24, 2.45) is 0 Å². The molecule has 0 amide bonds. The van der Waals surface area contributed by atoms with Gasteiger partial charge in [0.15, 0.2) is 5.13 Å². The number of pyridine rings is 1. The number of rotatable bonds is 6. The number of benzene rings is 1. The van der Waals surface area contributed by atoms with E-state index in [0.717, 1.165) is 54.5 Å². The first-order valence-corrected chi connectivity index (χ1v) is 12.1. The number of hydrogen-bond acceptors (Lipinski definition) is 6. The van der Waals surface area contributed by atoms with E-state index in [1.165, 1.54) is 29.0 Å². The summed E-state index contributed by atoms with van der Waals surface area (Å²) in [6, 6.07) is 10.6. The average molecular weight is 461 g/mol. The Morgan fingerprint density at radius 2 is 2.09 bits per heavy atom. The predicted molar refractivity (Wildman–Crippen MR) is 129 cm³/mol. The predicted octanol–water partition coefficient (Wildman–Crippen LogP) is 5.11. The molecular weight excluding hydrogens is 435 g/mol. The Balaban J connectivity index is 1.40. The summed E-state index contributed by atoms with van der Waals surface area (Å²) >= 11 is 1.47. The molecule has 0 atom stereocenters. The highest BCUT2D eigenvalue weighted by Gasteiger charge is 2.18. The summed E-state index contributed by atoms with van der Waals surface area (Å²) in [6.45, 7) is 4.85. The number of thiazole rings is 1. The van der Waals surface area contributed by atoms with Gasteiger partial charge in [-0.25, -0.2) is 14.4 Å². The number of nitriles is 1. The van der Waals surface area contributed by atoms with Crippen molar-refractivity contribution in [2.75, 3.05) is 18.4 Å². The van der Waals surface area contributed by atoms with Crippen molar-refractivity contribution in [3.05, 3.63) is 70.2 Å². The van der Waals surface area contributed by atoms with Gasteiger partial charge < -0.3 is 15.0 Å². The Bertz CT molecular complexity index is 1330. The largest absolute Gasteiger partial charge is 0.356 e. The second-order valence-corrected chi connectivity index (χ2v) is 9.12. The van der Waals surface area contributed by atoms with Gasteiger partial charge in [-0.15, -0.1) is 11.3 Å². The number of anilines is 1. The lowest BCUT2D eigenvalue weighted by molar-refractivity contribution is 0.459. The zero-order valence-electron chi connectivity index (χ0n) is 18.4. The molecule has 0 unspecified atom stereocenters. The quantitative estimate of drug-likeness (QED) is 0.418. The van der Waals surface area contributed by atoms with Crippen molar-refractivity contribution in [1.82, 2.24) is 19.7 Å². The van der Waals surface area contributed by atoms with E-state index in [1.807, 2.05) is 5.38 Å². The first-order valence-electron chi connectivity index (χ1n) is 11.3. The Morgan fingerprint density at radius 1 is 1.24 bits per heavy atom. The number of halogens is 1. The fourth-order valence-electron chi connectivity index (χ4n) is 4.50. The van der Waals surface area contributed by atoms with E-state index in [1.54, 1.807) is 6.07 Å². The van der Waals surface area contributed by atoms with Crippen LogP contribution in [0.2, 0.25) is 0 Å². The lowest BCUT2D eigenvalue weighted by Crippen LogP contribution is -2.26. The molecule has 4 heterocycles. The van der Waals surface area contributed by atoms with Crippen molar-refractivity contribution in [2.45, 2.75) is 38.6 Å². The van der Waals surface area contributed by atoms with E-state index in [4.69, 9.17) is 4.98 Å². The van der Waals surface area contributed by atoms with Gasteiger partial charge in [-0.3, -0.25) is 0 Å². The molecule has 6 nitrogen and oxygen atoms in total. The highest BCUT2D eigenvalue weighted by Crippen LogP contribution is 2.29. The van der Waals surface area contributed by atoms with Crippen molar-refractivity contribution >= 4 is 22.1 Å². The van der Waals surface area contributed by atoms with Crippen molar-refractivity contribution in [3.8, 4) is 17.3 Å². The highest BCUT2D eigenvalue weighted by atomic mass is 32.1. The van der Waals surface area contributed by atoms with Gasteiger partial charge in [0.05, 0.1) is 35.3 Å². The van der Waals surface area contributed by atoms with Crippen LogP contribution in [0.3, 0.4) is 0 Å². The Morgan fingerprint density at radius 3 is 2.88 bits per heavy atom. The lowest BCUT2D eigenvalue weighted by atomic mass is 9.91. The van der Waals surface area contributed by atoms with Crippen molar-refractivity contribution in [1.29, 1.82) is 5.26 Å². The van der Waals surface area contributed by atoms with Gasteiger partial charge in [0, 0.05) is 17.1 Å². The average Bonchev–Trinajstić information content (AvgIpc) is 3.47. The summed E-state index contributed by atoms with van der Waals surface area (Å²) in [4.78, 5) is 9.48. The molecule has 1 fully saturated rings. The summed E-state index contributed by atoms with van der Waals surface area (Å²) in [6.07, 6.45) is 5.42. The molecule has 5 rings (SSSR count). The molecule has 3 aromatic heterocycles. The van der Waals surface area contributed by atoms with Gasteiger partial charge >= 0.3 is 0 Å². The van der Waals surface area contributed by atoms with Gasteiger partial charge in [-0.05, 0) is 68.1 Å². The third-order valence-corrected chi connectivity index (χ3v) is 7.06. The summed E-state index contributed by atoms with van der Waals surface area (Å²) in [7, 11) is 0. The van der Waals surface area contributed by atoms with E-state index in [2.05, 4.69) is 51.3 Å². The first-order chi connectivity index (χ1) is 16.2. The van der Waals surface area contributed by atoms with Gasteiger partial charge in [0.25, 0.3) is 0 Å². The van der Waals surface area contributed by atoms with Gasteiger partial charge in [0.1, 0.15) is 11.5 Å². The molecule has 0 bridgehead atoms. The minimum atomic E-state index is -0.424. The van der Waals surface area contributed by atoms with Crippen LogP contribution in [0, 0.1) is 17.1 Å². The van der Waals surface area contributed by atoms with E-state index in [9.17, 15) is 9.65 Å². The molecule has 4 aromatic rings.